The molecule has 2 amide bonds. The zero-order chi connectivity index (χ0) is 14.9. The van der Waals surface area contributed by atoms with E-state index in [1.165, 1.54) is 11.8 Å². The number of para-hydroxylation sites is 1. The van der Waals surface area contributed by atoms with Crippen molar-refractivity contribution in [3.63, 3.8) is 0 Å². The third kappa shape index (κ3) is 2.82. The van der Waals surface area contributed by atoms with Crippen molar-refractivity contribution in [2.24, 2.45) is 0 Å². The Morgan fingerprint density at radius 1 is 1.35 bits per heavy atom. The summed E-state index contributed by atoms with van der Waals surface area (Å²) in [4.78, 5) is 27.2. The highest BCUT2D eigenvalue weighted by Crippen LogP contribution is 2.26. The molecule has 1 atom stereocenters. The number of likely N-dealkylation sites (tertiary alicyclic amines) is 1. The Morgan fingerprint density at radius 2 is 2.00 bits per heavy atom. The number of anilines is 1. The Kier molecular flexibility index (Phi) is 3.81. The van der Waals surface area contributed by atoms with Gasteiger partial charge in [-0.15, -0.1) is 0 Å². The first-order valence-electron chi connectivity index (χ1n) is 6.67. The monoisotopic (exact) mass is 276 g/mol. The van der Waals surface area contributed by atoms with Crippen LogP contribution in [0.1, 0.15) is 30.6 Å². The molecule has 0 aromatic heterocycles. The molecule has 0 bridgehead atoms. The maximum atomic E-state index is 12.6. The number of carbonyl (C=O) groups is 2. The smallest absolute Gasteiger partial charge is 0.256 e. The van der Waals surface area contributed by atoms with E-state index in [-0.39, 0.29) is 11.8 Å². The van der Waals surface area contributed by atoms with E-state index in [0.717, 1.165) is 0 Å². The molecule has 1 saturated heterocycles. The summed E-state index contributed by atoms with van der Waals surface area (Å²) in [6.45, 7) is 4.05. The van der Waals surface area contributed by atoms with Crippen LogP contribution in [0.5, 0.6) is 0 Å². The van der Waals surface area contributed by atoms with E-state index in [2.05, 4.69) is 0 Å². The molecule has 0 radical (unpaired) electrons. The third-order valence-electron chi connectivity index (χ3n) is 3.71. The molecule has 1 fully saturated rings. The molecule has 108 valence electrons. The van der Waals surface area contributed by atoms with Crippen molar-refractivity contribution in [2.75, 3.05) is 25.0 Å². The van der Waals surface area contributed by atoms with Crippen molar-refractivity contribution < 1.29 is 14.7 Å². The lowest BCUT2D eigenvalue weighted by atomic mass is 10.1. The average Bonchev–Trinajstić information content (AvgIpc) is 2.77. The van der Waals surface area contributed by atoms with Crippen molar-refractivity contribution >= 4 is 17.5 Å². The van der Waals surface area contributed by atoms with E-state index in [9.17, 15) is 14.7 Å². The molecule has 1 unspecified atom stereocenters. The Hall–Kier alpha value is -1.88. The highest BCUT2D eigenvalue weighted by atomic mass is 16.3. The summed E-state index contributed by atoms with van der Waals surface area (Å²) in [5.74, 6) is -0.273. The maximum absolute atomic E-state index is 12.6. The molecular formula is C15H20N2O3. The largest absolute Gasteiger partial charge is 0.388 e. The molecule has 5 heteroatoms. The van der Waals surface area contributed by atoms with Gasteiger partial charge >= 0.3 is 0 Å². The summed E-state index contributed by atoms with van der Waals surface area (Å²) in [5.41, 5.74) is 0.260. The minimum atomic E-state index is -0.822. The SMILES string of the molecule is CC(=O)N(C)c1ccccc1C(=O)N1CCC(C)(O)C1. The van der Waals surface area contributed by atoms with Crippen LogP contribution in [0.2, 0.25) is 0 Å². The second kappa shape index (κ2) is 5.25. The van der Waals surface area contributed by atoms with Gasteiger partial charge in [-0.1, -0.05) is 12.1 Å². The van der Waals surface area contributed by atoms with Crippen molar-refractivity contribution in [1.29, 1.82) is 0 Å². The van der Waals surface area contributed by atoms with E-state index >= 15 is 0 Å². The van der Waals surface area contributed by atoms with Gasteiger partial charge in [0.2, 0.25) is 5.91 Å². The number of nitrogens with zero attached hydrogens (tertiary/aromatic N) is 2. The van der Waals surface area contributed by atoms with E-state index in [4.69, 9.17) is 0 Å². The Bertz CT molecular complexity index is 540. The summed E-state index contributed by atoms with van der Waals surface area (Å²) in [6, 6.07) is 7.04. The van der Waals surface area contributed by atoms with E-state index in [0.29, 0.717) is 30.8 Å². The fourth-order valence-corrected chi connectivity index (χ4v) is 2.41. The van der Waals surface area contributed by atoms with Gasteiger partial charge in [0.25, 0.3) is 5.91 Å². The van der Waals surface area contributed by atoms with Crippen LogP contribution in [0.25, 0.3) is 0 Å². The first kappa shape index (κ1) is 14.5. The van der Waals surface area contributed by atoms with Crippen LogP contribution in [-0.4, -0.2) is 47.6 Å². The van der Waals surface area contributed by atoms with Crippen LogP contribution in [0.3, 0.4) is 0 Å². The summed E-state index contributed by atoms with van der Waals surface area (Å²) < 4.78 is 0. The van der Waals surface area contributed by atoms with Crippen molar-refractivity contribution in [3.05, 3.63) is 29.8 Å². The van der Waals surface area contributed by atoms with Gasteiger partial charge in [-0.05, 0) is 25.5 Å². The van der Waals surface area contributed by atoms with Crippen LogP contribution < -0.4 is 4.90 Å². The number of β-amino-alcohol motifs (C(OH)–C–C–N with tert-alkyl or cyclic N) is 1. The molecule has 20 heavy (non-hydrogen) atoms. The lowest BCUT2D eigenvalue weighted by Gasteiger charge is -2.23. The van der Waals surface area contributed by atoms with E-state index < -0.39 is 5.60 Å². The minimum Gasteiger partial charge on any atom is -0.388 e. The second-order valence-corrected chi connectivity index (χ2v) is 5.57. The average molecular weight is 276 g/mol. The van der Waals surface area contributed by atoms with Crippen LogP contribution in [-0.2, 0) is 4.79 Å². The number of benzene rings is 1. The normalized spacial score (nSPS) is 21.9. The van der Waals surface area contributed by atoms with Crippen molar-refractivity contribution in [2.45, 2.75) is 25.9 Å². The van der Waals surface area contributed by atoms with Gasteiger partial charge in [-0.2, -0.15) is 0 Å². The molecule has 1 heterocycles. The van der Waals surface area contributed by atoms with Crippen molar-refractivity contribution in [1.82, 2.24) is 4.90 Å². The fourth-order valence-electron chi connectivity index (χ4n) is 2.41. The molecule has 1 aromatic carbocycles. The molecule has 1 aliphatic rings. The van der Waals surface area contributed by atoms with Gasteiger partial charge in [-0.25, -0.2) is 0 Å². The molecule has 1 aromatic rings. The summed E-state index contributed by atoms with van der Waals surface area (Å²) in [7, 11) is 1.65. The highest BCUT2D eigenvalue weighted by molar-refractivity contribution is 6.04. The van der Waals surface area contributed by atoms with Crippen LogP contribution in [0.15, 0.2) is 24.3 Å². The number of rotatable bonds is 2. The van der Waals surface area contributed by atoms with Crippen LogP contribution in [0, 0.1) is 0 Å². The van der Waals surface area contributed by atoms with Gasteiger partial charge in [0, 0.05) is 27.1 Å². The molecule has 0 aliphatic carbocycles. The molecule has 2 rings (SSSR count). The van der Waals surface area contributed by atoms with E-state index in [1.807, 2.05) is 0 Å². The van der Waals surface area contributed by atoms with Crippen LogP contribution >= 0.6 is 0 Å². The molecule has 0 saturated carbocycles. The number of amides is 2. The fraction of sp³-hybridized carbons (Fsp3) is 0.467. The highest BCUT2D eigenvalue weighted by Gasteiger charge is 2.35. The quantitative estimate of drug-likeness (QED) is 0.884. The number of hydrogen-bond donors (Lipinski definition) is 1. The van der Waals surface area contributed by atoms with Gasteiger partial charge in [-0.3, -0.25) is 9.59 Å². The lowest BCUT2D eigenvalue weighted by molar-refractivity contribution is -0.116. The number of aliphatic hydroxyl groups is 1. The summed E-state index contributed by atoms with van der Waals surface area (Å²) in [5, 5.41) is 9.97. The lowest BCUT2D eigenvalue weighted by Crippen LogP contribution is -2.35. The van der Waals surface area contributed by atoms with Gasteiger partial charge < -0.3 is 14.9 Å². The summed E-state index contributed by atoms with van der Waals surface area (Å²) >= 11 is 0. The Labute approximate surface area is 118 Å². The summed E-state index contributed by atoms with van der Waals surface area (Å²) in [6.07, 6.45) is 0.573. The van der Waals surface area contributed by atoms with Gasteiger partial charge in [0.1, 0.15) is 0 Å². The van der Waals surface area contributed by atoms with Crippen LogP contribution in [0.4, 0.5) is 5.69 Å². The predicted octanol–water partition coefficient (Wildman–Crippen LogP) is 1.27. The molecule has 0 spiro atoms. The van der Waals surface area contributed by atoms with Gasteiger partial charge in [0.15, 0.2) is 0 Å². The third-order valence-corrected chi connectivity index (χ3v) is 3.71. The molecule has 1 N–H and O–H groups in total. The number of hydrogen-bond acceptors (Lipinski definition) is 3. The van der Waals surface area contributed by atoms with E-state index in [1.54, 1.807) is 43.1 Å². The first-order chi connectivity index (χ1) is 9.32. The minimum absolute atomic E-state index is 0.126. The zero-order valence-electron chi connectivity index (χ0n) is 12.1. The maximum Gasteiger partial charge on any atom is 0.256 e. The molecule has 5 nitrogen and oxygen atoms in total. The second-order valence-electron chi connectivity index (χ2n) is 5.57. The Morgan fingerprint density at radius 3 is 2.55 bits per heavy atom. The molecule has 1 aliphatic heterocycles. The standard InChI is InChI=1S/C15H20N2O3/c1-11(18)16(3)13-7-5-4-6-12(13)14(19)17-9-8-15(2,20)10-17/h4-7,20H,8-10H2,1-3H3. The number of carbonyl (C=O) groups excluding carboxylic acids is 2. The first-order valence-corrected chi connectivity index (χ1v) is 6.67. The zero-order valence-corrected chi connectivity index (χ0v) is 12.1. The molecular weight excluding hydrogens is 256 g/mol. The predicted molar refractivity (Wildman–Crippen MR) is 76.7 cm³/mol. The Balaban J connectivity index is 2.29. The van der Waals surface area contributed by atoms with Crippen molar-refractivity contribution in [3.8, 4) is 0 Å². The topological polar surface area (TPSA) is 60.9 Å². The van der Waals surface area contributed by atoms with Gasteiger partial charge in [0.05, 0.1) is 16.9 Å².